The van der Waals surface area contributed by atoms with Gasteiger partial charge < -0.3 is 14.8 Å². The Morgan fingerprint density at radius 2 is 1.80 bits per heavy atom. The second-order valence-electron chi connectivity index (χ2n) is 4.18. The van der Waals surface area contributed by atoms with Crippen LogP contribution in [-0.2, 0) is 9.47 Å². The van der Waals surface area contributed by atoms with Crippen LogP contribution >= 0.6 is 0 Å². The van der Waals surface area contributed by atoms with Gasteiger partial charge in [-0.05, 0) is 25.3 Å². The van der Waals surface area contributed by atoms with Crippen molar-refractivity contribution in [3.8, 4) is 0 Å². The summed E-state index contributed by atoms with van der Waals surface area (Å²) in [7, 11) is 0. The largest absolute Gasteiger partial charge is 0.381 e. The SMILES string of the molecule is CCCOCCNCCCOCC(C)C. The number of ether oxygens (including phenoxy) is 2. The van der Waals surface area contributed by atoms with Crippen molar-refractivity contribution in [1.82, 2.24) is 5.32 Å². The van der Waals surface area contributed by atoms with Gasteiger partial charge in [-0.15, -0.1) is 0 Å². The van der Waals surface area contributed by atoms with Gasteiger partial charge in [0.15, 0.2) is 0 Å². The average molecular weight is 217 g/mol. The highest BCUT2D eigenvalue weighted by molar-refractivity contribution is 4.47. The van der Waals surface area contributed by atoms with Crippen LogP contribution in [0.4, 0.5) is 0 Å². The molecule has 0 heterocycles. The van der Waals surface area contributed by atoms with Crippen LogP contribution in [0.3, 0.4) is 0 Å². The summed E-state index contributed by atoms with van der Waals surface area (Å²) in [6.45, 7) is 11.9. The van der Waals surface area contributed by atoms with Gasteiger partial charge in [0.1, 0.15) is 0 Å². The Labute approximate surface area is 94.5 Å². The van der Waals surface area contributed by atoms with Crippen LogP contribution in [0.15, 0.2) is 0 Å². The lowest BCUT2D eigenvalue weighted by Gasteiger charge is -2.07. The molecule has 1 N–H and O–H groups in total. The molecule has 0 radical (unpaired) electrons. The normalized spacial score (nSPS) is 11.2. The van der Waals surface area contributed by atoms with E-state index in [-0.39, 0.29) is 0 Å². The van der Waals surface area contributed by atoms with Gasteiger partial charge in [-0.2, -0.15) is 0 Å². The monoisotopic (exact) mass is 217 g/mol. The van der Waals surface area contributed by atoms with Crippen molar-refractivity contribution in [3.05, 3.63) is 0 Å². The molecule has 0 saturated heterocycles. The molecule has 0 amide bonds. The first-order chi connectivity index (χ1) is 7.27. The first-order valence-electron chi connectivity index (χ1n) is 6.13. The second kappa shape index (κ2) is 12.0. The molecule has 0 saturated carbocycles. The van der Waals surface area contributed by atoms with Crippen LogP contribution in [0.2, 0.25) is 0 Å². The third kappa shape index (κ3) is 13.9. The van der Waals surface area contributed by atoms with E-state index < -0.39 is 0 Å². The first kappa shape index (κ1) is 14.9. The first-order valence-corrected chi connectivity index (χ1v) is 6.13. The van der Waals surface area contributed by atoms with Gasteiger partial charge in [-0.3, -0.25) is 0 Å². The molecule has 92 valence electrons. The number of hydrogen-bond acceptors (Lipinski definition) is 3. The molecule has 3 heteroatoms. The van der Waals surface area contributed by atoms with Crippen LogP contribution in [0, 0.1) is 5.92 Å². The molecule has 0 unspecified atom stereocenters. The molecule has 0 rings (SSSR count). The molecule has 0 fully saturated rings. The molecular formula is C12H27NO2. The van der Waals surface area contributed by atoms with Gasteiger partial charge in [-0.25, -0.2) is 0 Å². The summed E-state index contributed by atoms with van der Waals surface area (Å²) in [6, 6.07) is 0. The van der Waals surface area contributed by atoms with Gasteiger partial charge in [0.05, 0.1) is 6.61 Å². The van der Waals surface area contributed by atoms with Crippen molar-refractivity contribution < 1.29 is 9.47 Å². The summed E-state index contributed by atoms with van der Waals surface area (Å²) in [5.74, 6) is 0.639. The van der Waals surface area contributed by atoms with Crippen LogP contribution in [0.5, 0.6) is 0 Å². The minimum atomic E-state index is 0.639. The molecule has 0 atom stereocenters. The van der Waals surface area contributed by atoms with Crippen molar-refractivity contribution in [2.24, 2.45) is 5.92 Å². The van der Waals surface area contributed by atoms with E-state index in [9.17, 15) is 0 Å². The Morgan fingerprint density at radius 3 is 2.47 bits per heavy atom. The van der Waals surface area contributed by atoms with E-state index >= 15 is 0 Å². The summed E-state index contributed by atoms with van der Waals surface area (Å²) in [5, 5.41) is 3.33. The molecule has 0 aromatic heterocycles. The fraction of sp³-hybridized carbons (Fsp3) is 1.00. The zero-order chi connectivity index (χ0) is 11.4. The smallest absolute Gasteiger partial charge is 0.0590 e. The molecule has 0 aliphatic rings. The predicted molar refractivity (Wildman–Crippen MR) is 64.3 cm³/mol. The fourth-order valence-electron chi connectivity index (χ4n) is 1.13. The van der Waals surface area contributed by atoms with E-state index in [1.54, 1.807) is 0 Å². The maximum atomic E-state index is 5.47. The fourth-order valence-corrected chi connectivity index (χ4v) is 1.13. The lowest BCUT2D eigenvalue weighted by atomic mass is 10.2. The van der Waals surface area contributed by atoms with E-state index in [2.05, 4.69) is 26.1 Å². The van der Waals surface area contributed by atoms with E-state index in [4.69, 9.17) is 9.47 Å². The molecule has 0 aliphatic heterocycles. The molecule has 0 spiro atoms. The van der Waals surface area contributed by atoms with Crippen molar-refractivity contribution in [2.75, 3.05) is 39.5 Å². The molecule has 0 bridgehead atoms. The quantitative estimate of drug-likeness (QED) is 0.537. The predicted octanol–water partition coefficient (Wildman–Crippen LogP) is 2.07. The van der Waals surface area contributed by atoms with Crippen LogP contribution in [-0.4, -0.2) is 39.5 Å². The second-order valence-corrected chi connectivity index (χ2v) is 4.18. The standard InChI is InChI=1S/C12H27NO2/c1-4-8-14-10-7-13-6-5-9-15-11-12(2)3/h12-13H,4-11H2,1-3H3. The highest BCUT2D eigenvalue weighted by atomic mass is 16.5. The maximum absolute atomic E-state index is 5.47. The summed E-state index contributed by atoms with van der Waals surface area (Å²) in [4.78, 5) is 0. The topological polar surface area (TPSA) is 30.5 Å². The number of hydrogen-bond donors (Lipinski definition) is 1. The van der Waals surface area contributed by atoms with E-state index in [1.807, 2.05) is 0 Å². The zero-order valence-corrected chi connectivity index (χ0v) is 10.6. The van der Waals surface area contributed by atoms with E-state index in [1.165, 1.54) is 0 Å². The van der Waals surface area contributed by atoms with Gasteiger partial charge in [0, 0.05) is 26.4 Å². The minimum Gasteiger partial charge on any atom is -0.381 e. The Morgan fingerprint density at radius 1 is 1.00 bits per heavy atom. The van der Waals surface area contributed by atoms with Crippen molar-refractivity contribution in [2.45, 2.75) is 33.6 Å². The summed E-state index contributed by atoms with van der Waals surface area (Å²) in [5.41, 5.74) is 0. The molecule has 15 heavy (non-hydrogen) atoms. The van der Waals surface area contributed by atoms with E-state index in [0.29, 0.717) is 5.92 Å². The number of nitrogens with one attached hydrogen (secondary N) is 1. The van der Waals surface area contributed by atoms with Gasteiger partial charge in [-0.1, -0.05) is 20.8 Å². The number of rotatable bonds is 11. The molecule has 0 aromatic carbocycles. The van der Waals surface area contributed by atoms with Crippen molar-refractivity contribution in [3.63, 3.8) is 0 Å². The Kier molecular flexibility index (Phi) is 11.9. The van der Waals surface area contributed by atoms with E-state index in [0.717, 1.165) is 52.4 Å². The highest BCUT2D eigenvalue weighted by Gasteiger charge is 1.93. The van der Waals surface area contributed by atoms with Crippen LogP contribution in [0.1, 0.15) is 33.6 Å². The maximum Gasteiger partial charge on any atom is 0.0590 e. The van der Waals surface area contributed by atoms with Gasteiger partial charge in [0.25, 0.3) is 0 Å². The lowest BCUT2D eigenvalue weighted by molar-refractivity contribution is 0.106. The third-order valence-electron chi connectivity index (χ3n) is 1.87. The Balaban J connectivity index is 2.87. The van der Waals surface area contributed by atoms with Crippen LogP contribution in [0.25, 0.3) is 0 Å². The molecule has 0 aromatic rings. The zero-order valence-electron chi connectivity index (χ0n) is 10.6. The lowest BCUT2D eigenvalue weighted by Crippen LogP contribution is -2.22. The summed E-state index contributed by atoms with van der Waals surface area (Å²) in [6.07, 6.45) is 2.18. The Bertz CT molecular complexity index is 118. The summed E-state index contributed by atoms with van der Waals surface area (Å²) < 4.78 is 10.8. The van der Waals surface area contributed by atoms with Crippen LogP contribution < -0.4 is 5.32 Å². The van der Waals surface area contributed by atoms with Gasteiger partial charge >= 0.3 is 0 Å². The summed E-state index contributed by atoms with van der Waals surface area (Å²) >= 11 is 0. The molecule has 3 nitrogen and oxygen atoms in total. The third-order valence-corrected chi connectivity index (χ3v) is 1.87. The minimum absolute atomic E-state index is 0.639. The average Bonchev–Trinajstić information content (AvgIpc) is 2.20. The van der Waals surface area contributed by atoms with Gasteiger partial charge in [0.2, 0.25) is 0 Å². The molecular weight excluding hydrogens is 190 g/mol. The highest BCUT2D eigenvalue weighted by Crippen LogP contribution is 1.92. The molecule has 0 aliphatic carbocycles. The Hall–Kier alpha value is -0.120. The van der Waals surface area contributed by atoms with Crippen molar-refractivity contribution >= 4 is 0 Å². The van der Waals surface area contributed by atoms with Crippen molar-refractivity contribution in [1.29, 1.82) is 0 Å².